The molecule has 110 valence electrons. The van der Waals surface area contributed by atoms with Crippen molar-refractivity contribution in [1.29, 1.82) is 0 Å². The molecule has 1 fully saturated rings. The number of hydrogen-bond donors (Lipinski definition) is 1. The van der Waals surface area contributed by atoms with E-state index in [9.17, 15) is 4.79 Å². The number of benzene rings is 1. The Bertz CT molecular complexity index is 478. The van der Waals surface area contributed by atoms with Crippen molar-refractivity contribution in [3.63, 3.8) is 0 Å². The van der Waals surface area contributed by atoms with Crippen LogP contribution >= 0.6 is 0 Å². The lowest BCUT2D eigenvalue weighted by Crippen LogP contribution is -2.42. The van der Waals surface area contributed by atoms with Crippen LogP contribution in [0.5, 0.6) is 5.75 Å². The van der Waals surface area contributed by atoms with Crippen LogP contribution in [0, 0.1) is 6.92 Å². The van der Waals surface area contributed by atoms with Gasteiger partial charge in [0.25, 0.3) is 0 Å². The predicted octanol–water partition coefficient (Wildman–Crippen LogP) is 0.950. The number of aryl methyl sites for hydroxylation is 1. The molecule has 0 radical (unpaired) electrons. The maximum atomic E-state index is 11.0. The van der Waals surface area contributed by atoms with E-state index in [1.807, 2.05) is 36.1 Å². The van der Waals surface area contributed by atoms with Crippen LogP contribution in [0.15, 0.2) is 24.3 Å². The van der Waals surface area contributed by atoms with Crippen LogP contribution < -0.4 is 10.5 Å². The first-order chi connectivity index (χ1) is 9.54. The number of rotatable bonds is 6. The molecule has 0 saturated carbocycles. The van der Waals surface area contributed by atoms with Crippen molar-refractivity contribution in [2.24, 2.45) is 5.73 Å². The van der Waals surface area contributed by atoms with Crippen molar-refractivity contribution in [2.75, 3.05) is 33.4 Å². The second-order valence-corrected chi connectivity index (χ2v) is 5.37. The zero-order valence-electron chi connectivity index (χ0n) is 12.1. The molecule has 1 heterocycles. The first kappa shape index (κ1) is 14.8. The number of methoxy groups -OCH3 is 1. The van der Waals surface area contributed by atoms with E-state index in [2.05, 4.69) is 0 Å². The summed E-state index contributed by atoms with van der Waals surface area (Å²) in [6, 6.07) is 7.91. The molecule has 0 aliphatic carbocycles. The van der Waals surface area contributed by atoms with Gasteiger partial charge < -0.3 is 15.2 Å². The number of nitrogens with zero attached hydrogens (tertiary/aromatic N) is 1. The first-order valence-electron chi connectivity index (χ1n) is 6.79. The molecule has 0 bridgehead atoms. The standard InChI is InChI=1S/C15H22N2O3/c1-12-5-3-4-6-13(12)20-11-15(19-2)7-8-17(10-15)9-14(16)18/h3-6H,7-11H2,1-2H3,(H2,16,18). The fraction of sp³-hybridized carbons (Fsp3) is 0.533. The van der Waals surface area contributed by atoms with E-state index in [4.69, 9.17) is 15.2 Å². The van der Waals surface area contributed by atoms with Gasteiger partial charge in [0.15, 0.2) is 0 Å². The lowest BCUT2D eigenvalue weighted by atomic mass is 10.0. The van der Waals surface area contributed by atoms with Crippen LogP contribution in [0.1, 0.15) is 12.0 Å². The molecule has 2 rings (SSSR count). The maximum absolute atomic E-state index is 11.0. The molecule has 1 aromatic carbocycles. The first-order valence-corrected chi connectivity index (χ1v) is 6.79. The highest BCUT2D eigenvalue weighted by Crippen LogP contribution is 2.27. The SMILES string of the molecule is COC1(COc2ccccc2C)CCN(CC(N)=O)C1. The van der Waals surface area contributed by atoms with Crippen LogP contribution in [0.3, 0.4) is 0 Å². The predicted molar refractivity (Wildman–Crippen MR) is 76.7 cm³/mol. The molecular weight excluding hydrogens is 256 g/mol. The number of amides is 1. The second kappa shape index (κ2) is 6.24. The van der Waals surface area contributed by atoms with Gasteiger partial charge in [0.2, 0.25) is 5.91 Å². The van der Waals surface area contributed by atoms with E-state index >= 15 is 0 Å². The number of carbonyl (C=O) groups is 1. The Hall–Kier alpha value is -1.59. The van der Waals surface area contributed by atoms with E-state index in [0.29, 0.717) is 13.2 Å². The molecule has 1 saturated heterocycles. The summed E-state index contributed by atoms with van der Waals surface area (Å²) in [5.74, 6) is 0.564. The summed E-state index contributed by atoms with van der Waals surface area (Å²) in [7, 11) is 1.69. The Labute approximate surface area is 119 Å². The van der Waals surface area contributed by atoms with Gasteiger partial charge in [-0.15, -0.1) is 0 Å². The fourth-order valence-corrected chi connectivity index (χ4v) is 2.55. The molecular formula is C15H22N2O3. The van der Waals surface area contributed by atoms with E-state index in [0.717, 1.165) is 24.3 Å². The largest absolute Gasteiger partial charge is 0.490 e. The van der Waals surface area contributed by atoms with Gasteiger partial charge in [-0.2, -0.15) is 0 Å². The monoisotopic (exact) mass is 278 g/mol. The molecule has 1 unspecified atom stereocenters. The van der Waals surface area contributed by atoms with Gasteiger partial charge in [-0.3, -0.25) is 9.69 Å². The highest BCUT2D eigenvalue weighted by molar-refractivity contribution is 5.75. The Morgan fingerprint density at radius 1 is 1.45 bits per heavy atom. The second-order valence-electron chi connectivity index (χ2n) is 5.37. The topological polar surface area (TPSA) is 64.8 Å². The molecule has 0 spiro atoms. The van der Waals surface area contributed by atoms with Crippen LogP contribution in [0.25, 0.3) is 0 Å². The molecule has 1 amide bonds. The van der Waals surface area contributed by atoms with Crippen LogP contribution in [0.4, 0.5) is 0 Å². The molecule has 1 aliphatic rings. The number of primary amides is 1. The van der Waals surface area contributed by atoms with Gasteiger partial charge in [-0.05, 0) is 25.0 Å². The third-order valence-corrected chi connectivity index (χ3v) is 3.79. The summed E-state index contributed by atoms with van der Waals surface area (Å²) in [6.45, 7) is 4.23. The summed E-state index contributed by atoms with van der Waals surface area (Å²) in [5.41, 5.74) is 5.97. The number of likely N-dealkylation sites (tertiary alicyclic amines) is 1. The molecule has 5 nitrogen and oxygen atoms in total. The van der Waals surface area contributed by atoms with Gasteiger partial charge in [0, 0.05) is 20.2 Å². The summed E-state index contributed by atoms with van der Waals surface area (Å²) >= 11 is 0. The van der Waals surface area contributed by atoms with Crippen molar-refractivity contribution in [3.8, 4) is 5.75 Å². The minimum atomic E-state index is -0.363. The molecule has 20 heavy (non-hydrogen) atoms. The Balaban J connectivity index is 1.96. The fourth-order valence-electron chi connectivity index (χ4n) is 2.55. The van der Waals surface area contributed by atoms with Crippen molar-refractivity contribution in [1.82, 2.24) is 4.90 Å². The van der Waals surface area contributed by atoms with Gasteiger partial charge >= 0.3 is 0 Å². The van der Waals surface area contributed by atoms with Crippen molar-refractivity contribution >= 4 is 5.91 Å². The van der Waals surface area contributed by atoms with Crippen molar-refractivity contribution in [2.45, 2.75) is 18.9 Å². The van der Waals surface area contributed by atoms with Gasteiger partial charge in [0.1, 0.15) is 18.0 Å². The van der Waals surface area contributed by atoms with Gasteiger partial charge in [0.05, 0.1) is 6.54 Å². The summed E-state index contributed by atoms with van der Waals surface area (Å²) < 4.78 is 11.6. The van der Waals surface area contributed by atoms with E-state index in [-0.39, 0.29) is 18.1 Å². The molecule has 5 heteroatoms. The minimum absolute atomic E-state index is 0.273. The summed E-state index contributed by atoms with van der Waals surface area (Å²) in [4.78, 5) is 13.0. The van der Waals surface area contributed by atoms with E-state index in [1.165, 1.54) is 0 Å². The smallest absolute Gasteiger partial charge is 0.231 e. The highest BCUT2D eigenvalue weighted by atomic mass is 16.5. The number of para-hydroxylation sites is 1. The van der Waals surface area contributed by atoms with Crippen molar-refractivity contribution in [3.05, 3.63) is 29.8 Å². The Morgan fingerprint density at radius 2 is 2.20 bits per heavy atom. The lowest BCUT2D eigenvalue weighted by Gasteiger charge is -2.28. The third kappa shape index (κ3) is 3.49. The maximum Gasteiger partial charge on any atom is 0.231 e. The molecule has 1 atom stereocenters. The lowest BCUT2D eigenvalue weighted by molar-refractivity contribution is -0.119. The summed E-state index contributed by atoms with van der Waals surface area (Å²) in [5, 5.41) is 0. The molecule has 0 aromatic heterocycles. The van der Waals surface area contributed by atoms with Crippen LogP contribution in [-0.4, -0.2) is 49.8 Å². The number of hydrogen-bond acceptors (Lipinski definition) is 4. The van der Waals surface area contributed by atoms with Gasteiger partial charge in [-0.25, -0.2) is 0 Å². The molecule has 1 aromatic rings. The van der Waals surface area contributed by atoms with Crippen molar-refractivity contribution < 1.29 is 14.3 Å². The number of carbonyl (C=O) groups excluding carboxylic acids is 1. The number of nitrogens with two attached hydrogens (primary N) is 1. The normalized spacial score (nSPS) is 22.9. The number of ether oxygens (including phenoxy) is 2. The van der Waals surface area contributed by atoms with Crippen LogP contribution in [0.2, 0.25) is 0 Å². The van der Waals surface area contributed by atoms with E-state index in [1.54, 1.807) is 7.11 Å². The minimum Gasteiger partial charge on any atom is -0.490 e. The average molecular weight is 278 g/mol. The van der Waals surface area contributed by atoms with Crippen LogP contribution in [-0.2, 0) is 9.53 Å². The Morgan fingerprint density at radius 3 is 2.85 bits per heavy atom. The summed E-state index contributed by atoms with van der Waals surface area (Å²) in [6.07, 6.45) is 0.836. The Kier molecular flexibility index (Phi) is 4.62. The molecule has 2 N–H and O–H groups in total. The zero-order valence-corrected chi connectivity index (χ0v) is 12.1. The van der Waals surface area contributed by atoms with Gasteiger partial charge in [-0.1, -0.05) is 18.2 Å². The quantitative estimate of drug-likeness (QED) is 0.841. The van der Waals surface area contributed by atoms with E-state index < -0.39 is 0 Å². The molecule has 1 aliphatic heterocycles. The zero-order chi connectivity index (χ0) is 14.6. The average Bonchev–Trinajstić information content (AvgIpc) is 2.81. The highest BCUT2D eigenvalue weighted by Gasteiger charge is 2.39. The third-order valence-electron chi connectivity index (χ3n) is 3.79.